The van der Waals surface area contributed by atoms with Crippen molar-refractivity contribution in [2.24, 2.45) is 5.41 Å². The highest BCUT2D eigenvalue weighted by molar-refractivity contribution is 8.00. The number of hydrogen-bond donors (Lipinski definition) is 2. The number of thioether (sulfide) groups is 1. The SMILES string of the molecule is CCC(Sc1ccccc1)C(=O)NCC1(CO)CC1. The molecule has 0 spiro atoms. The highest BCUT2D eigenvalue weighted by Gasteiger charge is 2.42. The molecule has 1 amide bonds. The van der Waals surface area contributed by atoms with Crippen LogP contribution in [0.2, 0.25) is 0 Å². The Balaban J connectivity index is 1.85. The van der Waals surface area contributed by atoms with Gasteiger partial charge in [-0.25, -0.2) is 0 Å². The van der Waals surface area contributed by atoms with Crippen LogP contribution >= 0.6 is 11.8 Å². The molecule has 1 aromatic rings. The molecule has 19 heavy (non-hydrogen) atoms. The Bertz CT molecular complexity index is 417. The average molecular weight is 279 g/mol. The second-order valence-electron chi connectivity index (χ2n) is 5.20. The molecule has 0 aliphatic heterocycles. The van der Waals surface area contributed by atoms with E-state index in [-0.39, 0.29) is 23.2 Å². The fourth-order valence-electron chi connectivity index (χ4n) is 1.94. The van der Waals surface area contributed by atoms with E-state index in [1.807, 2.05) is 37.3 Å². The fraction of sp³-hybridized carbons (Fsp3) is 0.533. The second-order valence-corrected chi connectivity index (χ2v) is 6.48. The summed E-state index contributed by atoms with van der Waals surface area (Å²) in [6.45, 7) is 2.81. The Morgan fingerprint density at radius 3 is 2.63 bits per heavy atom. The van der Waals surface area contributed by atoms with Crippen molar-refractivity contribution in [2.45, 2.75) is 36.3 Å². The molecule has 1 saturated carbocycles. The van der Waals surface area contributed by atoms with Crippen LogP contribution in [0.4, 0.5) is 0 Å². The molecule has 0 aromatic heterocycles. The largest absolute Gasteiger partial charge is 0.396 e. The van der Waals surface area contributed by atoms with Gasteiger partial charge < -0.3 is 10.4 Å². The number of rotatable bonds is 7. The Morgan fingerprint density at radius 1 is 1.42 bits per heavy atom. The van der Waals surface area contributed by atoms with Gasteiger partial charge in [0.1, 0.15) is 0 Å². The lowest BCUT2D eigenvalue weighted by molar-refractivity contribution is -0.120. The summed E-state index contributed by atoms with van der Waals surface area (Å²) >= 11 is 1.60. The number of aliphatic hydroxyl groups is 1. The minimum absolute atomic E-state index is 0.0225. The Morgan fingerprint density at radius 2 is 2.11 bits per heavy atom. The normalized spacial score (nSPS) is 17.8. The van der Waals surface area contributed by atoms with Crippen LogP contribution in [0.25, 0.3) is 0 Å². The monoisotopic (exact) mass is 279 g/mol. The van der Waals surface area contributed by atoms with Gasteiger partial charge in [0.15, 0.2) is 0 Å². The Hall–Kier alpha value is -1.00. The van der Waals surface area contributed by atoms with Gasteiger partial charge in [0.05, 0.1) is 11.9 Å². The van der Waals surface area contributed by atoms with E-state index in [1.165, 1.54) is 0 Å². The number of amides is 1. The molecular weight excluding hydrogens is 258 g/mol. The van der Waals surface area contributed by atoms with E-state index in [9.17, 15) is 9.90 Å². The van der Waals surface area contributed by atoms with Crippen molar-refractivity contribution in [2.75, 3.05) is 13.2 Å². The van der Waals surface area contributed by atoms with E-state index < -0.39 is 0 Å². The first-order valence-corrected chi connectivity index (χ1v) is 7.67. The van der Waals surface area contributed by atoms with Crippen LogP contribution in [0.3, 0.4) is 0 Å². The first-order chi connectivity index (χ1) is 9.19. The third-order valence-electron chi connectivity index (χ3n) is 3.61. The molecule has 1 aromatic carbocycles. The second kappa shape index (κ2) is 6.44. The van der Waals surface area contributed by atoms with Gasteiger partial charge in [-0.3, -0.25) is 4.79 Å². The van der Waals surface area contributed by atoms with E-state index in [1.54, 1.807) is 11.8 Å². The third kappa shape index (κ3) is 3.98. The van der Waals surface area contributed by atoms with Gasteiger partial charge in [-0.15, -0.1) is 11.8 Å². The van der Waals surface area contributed by atoms with Crippen LogP contribution in [0.1, 0.15) is 26.2 Å². The Kier molecular flexibility index (Phi) is 4.88. The van der Waals surface area contributed by atoms with Crippen LogP contribution < -0.4 is 5.32 Å². The van der Waals surface area contributed by atoms with Gasteiger partial charge in [0.2, 0.25) is 5.91 Å². The van der Waals surface area contributed by atoms with E-state index in [0.717, 1.165) is 24.2 Å². The van der Waals surface area contributed by atoms with Gasteiger partial charge in [-0.2, -0.15) is 0 Å². The summed E-state index contributed by atoms with van der Waals surface area (Å²) in [7, 11) is 0. The molecule has 1 aliphatic rings. The van der Waals surface area contributed by atoms with Crippen LogP contribution in [0.15, 0.2) is 35.2 Å². The summed E-state index contributed by atoms with van der Waals surface area (Å²) in [5.41, 5.74) is -0.0225. The van der Waals surface area contributed by atoms with Crippen molar-refractivity contribution in [1.82, 2.24) is 5.32 Å². The summed E-state index contributed by atoms with van der Waals surface area (Å²) in [5.74, 6) is 0.0797. The number of aliphatic hydroxyl groups excluding tert-OH is 1. The van der Waals surface area contributed by atoms with Gasteiger partial charge in [-0.1, -0.05) is 25.1 Å². The topological polar surface area (TPSA) is 49.3 Å². The maximum absolute atomic E-state index is 12.2. The molecule has 0 heterocycles. The number of benzene rings is 1. The third-order valence-corrected chi connectivity index (χ3v) is 4.99. The molecule has 2 N–H and O–H groups in total. The number of carbonyl (C=O) groups is 1. The molecule has 0 radical (unpaired) electrons. The van der Waals surface area contributed by atoms with Crippen molar-refractivity contribution in [3.8, 4) is 0 Å². The summed E-state index contributed by atoms with van der Waals surface area (Å²) in [4.78, 5) is 13.3. The van der Waals surface area contributed by atoms with Crippen LogP contribution in [-0.4, -0.2) is 29.4 Å². The van der Waals surface area contributed by atoms with Gasteiger partial charge >= 0.3 is 0 Å². The average Bonchev–Trinajstić information content (AvgIpc) is 3.24. The summed E-state index contributed by atoms with van der Waals surface area (Å²) in [6.07, 6.45) is 2.84. The zero-order valence-corrected chi connectivity index (χ0v) is 12.1. The summed E-state index contributed by atoms with van der Waals surface area (Å²) in [6, 6.07) is 9.99. The molecule has 1 atom stereocenters. The maximum Gasteiger partial charge on any atom is 0.233 e. The van der Waals surface area contributed by atoms with Crippen molar-refractivity contribution < 1.29 is 9.90 Å². The molecule has 2 rings (SSSR count). The lowest BCUT2D eigenvalue weighted by Gasteiger charge is -2.17. The summed E-state index contributed by atoms with van der Waals surface area (Å²) < 4.78 is 0. The first kappa shape index (κ1) is 14.4. The van der Waals surface area contributed by atoms with Gasteiger partial charge in [-0.05, 0) is 31.4 Å². The minimum Gasteiger partial charge on any atom is -0.396 e. The van der Waals surface area contributed by atoms with E-state index in [0.29, 0.717) is 6.54 Å². The van der Waals surface area contributed by atoms with Crippen molar-refractivity contribution in [3.63, 3.8) is 0 Å². The molecule has 1 fully saturated rings. The van der Waals surface area contributed by atoms with Crippen LogP contribution in [0, 0.1) is 5.41 Å². The number of nitrogens with one attached hydrogen (secondary N) is 1. The van der Waals surface area contributed by atoms with Gasteiger partial charge in [0, 0.05) is 16.9 Å². The highest BCUT2D eigenvalue weighted by atomic mass is 32.2. The number of carbonyl (C=O) groups excluding carboxylic acids is 1. The minimum atomic E-state index is -0.0584. The highest BCUT2D eigenvalue weighted by Crippen LogP contribution is 2.44. The molecule has 3 nitrogen and oxygen atoms in total. The molecule has 0 bridgehead atoms. The van der Waals surface area contributed by atoms with Crippen molar-refractivity contribution in [3.05, 3.63) is 30.3 Å². The van der Waals surface area contributed by atoms with Gasteiger partial charge in [0.25, 0.3) is 0 Å². The van der Waals surface area contributed by atoms with Crippen molar-refractivity contribution in [1.29, 1.82) is 0 Å². The molecule has 104 valence electrons. The molecule has 4 heteroatoms. The predicted molar refractivity (Wildman–Crippen MR) is 78.1 cm³/mol. The molecular formula is C15H21NO2S. The smallest absolute Gasteiger partial charge is 0.233 e. The molecule has 1 unspecified atom stereocenters. The zero-order valence-electron chi connectivity index (χ0n) is 11.3. The predicted octanol–water partition coefficient (Wildman–Crippen LogP) is 2.45. The Labute approximate surface area is 118 Å². The lowest BCUT2D eigenvalue weighted by Crippen LogP contribution is -2.37. The number of hydrogen-bond acceptors (Lipinski definition) is 3. The van der Waals surface area contributed by atoms with E-state index in [4.69, 9.17) is 0 Å². The first-order valence-electron chi connectivity index (χ1n) is 6.79. The molecule has 0 saturated heterocycles. The lowest BCUT2D eigenvalue weighted by atomic mass is 10.1. The maximum atomic E-state index is 12.2. The van der Waals surface area contributed by atoms with Crippen molar-refractivity contribution >= 4 is 17.7 Å². The quantitative estimate of drug-likeness (QED) is 0.754. The van der Waals surface area contributed by atoms with E-state index >= 15 is 0 Å². The van der Waals surface area contributed by atoms with Crippen LogP contribution in [0.5, 0.6) is 0 Å². The van der Waals surface area contributed by atoms with Crippen LogP contribution in [-0.2, 0) is 4.79 Å². The summed E-state index contributed by atoms with van der Waals surface area (Å²) in [5, 5.41) is 12.2. The zero-order chi connectivity index (χ0) is 13.7. The fourth-order valence-corrected chi connectivity index (χ4v) is 2.94. The standard InChI is InChI=1S/C15H21NO2S/c1-2-13(19-12-6-4-3-5-7-12)14(18)16-10-15(11-17)8-9-15/h3-7,13,17H,2,8-11H2,1H3,(H,16,18). The molecule has 1 aliphatic carbocycles. The van der Waals surface area contributed by atoms with E-state index in [2.05, 4.69) is 5.32 Å².